The number of aromatic nitrogens is 3. The van der Waals surface area contributed by atoms with E-state index in [4.69, 9.17) is 25.6 Å². The number of benzene rings is 2. The third-order valence-electron chi connectivity index (χ3n) is 11.0. The average Bonchev–Trinajstić information content (AvgIpc) is 3.34. The molecule has 4 fully saturated rings. The molecule has 1 saturated carbocycles. The number of pyridine rings is 1. The largest absolute Gasteiger partial charge is 0.508 e. The number of aromatic hydroxyl groups is 1. The predicted molar refractivity (Wildman–Crippen MR) is 178 cm³/mol. The van der Waals surface area contributed by atoms with Crippen molar-refractivity contribution in [1.82, 2.24) is 19.9 Å². The zero-order chi connectivity index (χ0) is 33.0. The third-order valence-corrected chi connectivity index (χ3v) is 11.0. The highest BCUT2D eigenvalue weighted by Crippen LogP contribution is 2.49. The van der Waals surface area contributed by atoms with Crippen LogP contribution in [0.25, 0.3) is 32.9 Å². The van der Waals surface area contributed by atoms with E-state index in [1.807, 2.05) is 0 Å². The summed E-state index contributed by atoms with van der Waals surface area (Å²) in [6.07, 6.45) is 13.7. The quantitative estimate of drug-likeness (QED) is 0.257. The molecule has 0 spiro atoms. The summed E-state index contributed by atoms with van der Waals surface area (Å²) in [4.78, 5) is 18.8. The number of ether oxygens (including phenoxy) is 3. The smallest absolute Gasteiger partial charge is 0.319 e. The number of hydrogen-bond acceptors (Lipinski definition) is 9. The minimum absolute atomic E-state index is 0.0319. The Morgan fingerprint density at radius 2 is 1.98 bits per heavy atom. The van der Waals surface area contributed by atoms with Crippen molar-refractivity contribution in [3.8, 4) is 35.4 Å². The molecule has 4 atom stereocenters. The molecular formula is C37H39F2N5O4. The highest BCUT2D eigenvalue weighted by atomic mass is 19.1. The molecule has 1 N–H and O–H groups in total. The summed E-state index contributed by atoms with van der Waals surface area (Å²) in [7, 11) is 0. The SMILES string of the molecule is C#Cc1c(F)ccc2cc(O)cc(-c3ncc4c(N5CCCOCC5)nc(OCC56CCCC5N(C5COC5C)CCC6)nc4c3F)c12. The Kier molecular flexibility index (Phi) is 8.06. The summed E-state index contributed by atoms with van der Waals surface area (Å²) < 4.78 is 49.7. The monoisotopic (exact) mass is 655 g/mol. The first kappa shape index (κ1) is 31.2. The van der Waals surface area contributed by atoms with E-state index in [-0.39, 0.29) is 51.0 Å². The van der Waals surface area contributed by atoms with E-state index >= 15 is 4.39 Å². The number of halogens is 2. The lowest BCUT2D eigenvalue weighted by Crippen LogP contribution is -2.63. The van der Waals surface area contributed by atoms with Gasteiger partial charge in [0.1, 0.15) is 28.6 Å². The van der Waals surface area contributed by atoms with Gasteiger partial charge < -0.3 is 24.2 Å². The molecule has 0 amide bonds. The van der Waals surface area contributed by atoms with Crippen LogP contribution >= 0.6 is 0 Å². The zero-order valence-corrected chi connectivity index (χ0v) is 27.1. The number of likely N-dealkylation sites (tertiary alicyclic amines) is 1. The average molecular weight is 656 g/mol. The molecule has 5 heterocycles. The lowest BCUT2D eigenvalue weighted by Gasteiger charge is -2.53. The summed E-state index contributed by atoms with van der Waals surface area (Å²) >= 11 is 0. The first-order valence-electron chi connectivity index (χ1n) is 17.0. The van der Waals surface area contributed by atoms with Crippen molar-refractivity contribution in [2.45, 2.75) is 63.6 Å². The van der Waals surface area contributed by atoms with E-state index in [9.17, 15) is 9.50 Å². The van der Waals surface area contributed by atoms with Crippen LogP contribution in [0.4, 0.5) is 14.6 Å². The number of anilines is 1. The Morgan fingerprint density at radius 1 is 1.10 bits per heavy atom. The lowest BCUT2D eigenvalue weighted by atomic mass is 9.74. The van der Waals surface area contributed by atoms with E-state index in [2.05, 4.69) is 32.6 Å². The molecular weight excluding hydrogens is 616 g/mol. The molecule has 3 aliphatic heterocycles. The Hall–Kier alpha value is -4.11. The molecule has 2 aromatic heterocycles. The topological polar surface area (TPSA) is 93.1 Å². The van der Waals surface area contributed by atoms with Crippen molar-refractivity contribution in [2.75, 3.05) is 51.0 Å². The lowest BCUT2D eigenvalue weighted by molar-refractivity contribution is -0.158. The van der Waals surface area contributed by atoms with Crippen LogP contribution in [0, 0.1) is 29.4 Å². The van der Waals surface area contributed by atoms with Crippen molar-refractivity contribution in [3.63, 3.8) is 0 Å². The maximum absolute atomic E-state index is 16.9. The summed E-state index contributed by atoms with van der Waals surface area (Å²) in [5, 5.41) is 11.8. The highest BCUT2D eigenvalue weighted by molar-refractivity contribution is 6.03. The molecule has 4 unspecified atom stereocenters. The number of piperidine rings is 1. The van der Waals surface area contributed by atoms with E-state index < -0.39 is 11.6 Å². The molecule has 250 valence electrons. The van der Waals surface area contributed by atoms with Crippen LogP contribution in [-0.2, 0) is 9.47 Å². The number of hydrogen-bond donors (Lipinski definition) is 1. The standard InChI is InChI=1S/C37H39F2N5O4/c1-3-25-28(38)9-8-23-17-24(45)18-26(31(23)25)33-32(39)34-27(19-40-33)35(43-12-6-15-46-16-14-43)42-36(41-34)48-21-37-10-4-7-30(37)44(13-5-11-37)29-20-47-22(29)2/h1,8-9,17-19,22,29-30,45H,4-7,10-16,20-21H2,2H3. The van der Waals surface area contributed by atoms with Crippen molar-refractivity contribution in [2.24, 2.45) is 5.41 Å². The van der Waals surface area contributed by atoms with Crippen LogP contribution in [0.15, 0.2) is 30.5 Å². The minimum atomic E-state index is -0.731. The fraction of sp³-hybridized carbons (Fsp3) is 0.486. The number of rotatable bonds is 6. The van der Waals surface area contributed by atoms with Crippen LogP contribution in [0.2, 0.25) is 0 Å². The van der Waals surface area contributed by atoms with Gasteiger partial charge in [-0.3, -0.25) is 9.88 Å². The van der Waals surface area contributed by atoms with Gasteiger partial charge in [-0.15, -0.1) is 6.42 Å². The summed E-state index contributed by atoms with van der Waals surface area (Å²) in [6, 6.07) is 6.48. The zero-order valence-electron chi connectivity index (χ0n) is 27.1. The van der Waals surface area contributed by atoms with E-state index in [0.717, 1.165) is 51.7 Å². The number of phenolic OH excluding ortho intramolecular Hbond substituents is 1. The first-order chi connectivity index (χ1) is 23.4. The molecule has 8 rings (SSSR count). The van der Waals surface area contributed by atoms with Crippen LogP contribution in [0.1, 0.15) is 51.0 Å². The maximum atomic E-state index is 16.9. The van der Waals surface area contributed by atoms with Gasteiger partial charge in [-0.05, 0) is 69.2 Å². The fourth-order valence-corrected chi connectivity index (χ4v) is 8.51. The van der Waals surface area contributed by atoms with Crippen LogP contribution in [0.3, 0.4) is 0 Å². The van der Waals surface area contributed by atoms with Gasteiger partial charge in [0, 0.05) is 48.3 Å². The van der Waals surface area contributed by atoms with Gasteiger partial charge in [-0.2, -0.15) is 9.97 Å². The van der Waals surface area contributed by atoms with Gasteiger partial charge in [0.2, 0.25) is 0 Å². The second-order valence-corrected chi connectivity index (χ2v) is 13.6. The molecule has 2 aromatic carbocycles. The Bertz CT molecular complexity index is 1930. The highest BCUT2D eigenvalue weighted by Gasteiger charge is 2.52. The number of phenols is 1. The summed E-state index contributed by atoms with van der Waals surface area (Å²) in [6.45, 7) is 6.79. The molecule has 4 aromatic rings. The molecule has 9 nitrogen and oxygen atoms in total. The van der Waals surface area contributed by atoms with Gasteiger partial charge in [0.25, 0.3) is 0 Å². The Balaban J connectivity index is 1.22. The van der Waals surface area contributed by atoms with Crippen molar-refractivity contribution in [1.29, 1.82) is 0 Å². The van der Waals surface area contributed by atoms with Crippen molar-refractivity contribution < 1.29 is 28.1 Å². The molecule has 1 aliphatic carbocycles. The number of terminal acetylenes is 1. The third kappa shape index (κ3) is 5.21. The summed E-state index contributed by atoms with van der Waals surface area (Å²) in [5.41, 5.74) is 0.0315. The molecule has 48 heavy (non-hydrogen) atoms. The van der Waals surface area contributed by atoms with Gasteiger partial charge in [-0.25, -0.2) is 8.78 Å². The molecule has 11 heteroatoms. The Labute approximate surface area is 278 Å². The maximum Gasteiger partial charge on any atom is 0.319 e. The van der Waals surface area contributed by atoms with E-state index in [1.54, 1.807) is 0 Å². The predicted octanol–water partition coefficient (Wildman–Crippen LogP) is 5.84. The van der Waals surface area contributed by atoms with E-state index in [1.165, 1.54) is 30.5 Å². The number of nitrogens with zero attached hydrogens (tertiary/aromatic N) is 5. The van der Waals surface area contributed by atoms with E-state index in [0.29, 0.717) is 61.6 Å². The first-order valence-corrected chi connectivity index (χ1v) is 17.0. The molecule has 0 bridgehead atoms. The van der Waals surface area contributed by atoms with Crippen LogP contribution in [-0.4, -0.2) is 89.2 Å². The normalized spacial score (nSPS) is 26.2. The van der Waals surface area contributed by atoms with Crippen molar-refractivity contribution >= 4 is 27.5 Å². The molecule has 3 saturated heterocycles. The number of fused-ring (bicyclic) bond motifs is 3. The fourth-order valence-electron chi connectivity index (χ4n) is 8.51. The van der Waals surface area contributed by atoms with Gasteiger partial charge in [0.05, 0.1) is 42.9 Å². The van der Waals surface area contributed by atoms with Crippen LogP contribution < -0.4 is 9.64 Å². The van der Waals surface area contributed by atoms with Gasteiger partial charge in [0.15, 0.2) is 5.82 Å². The van der Waals surface area contributed by atoms with Gasteiger partial charge in [-0.1, -0.05) is 18.4 Å². The Morgan fingerprint density at radius 3 is 2.79 bits per heavy atom. The second-order valence-electron chi connectivity index (χ2n) is 13.6. The molecule has 4 aliphatic rings. The second kappa shape index (κ2) is 12.4. The molecule has 0 radical (unpaired) electrons. The van der Waals surface area contributed by atoms with Gasteiger partial charge >= 0.3 is 6.01 Å². The minimum Gasteiger partial charge on any atom is -0.508 e. The summed E-state index contributed by atoms with van der Waals surface area (Å²) in [5.74, 6) is 1.45. The van der Waals surface area contributed by atoms with Crippen molar-refractivity contribution in [3.05, 3.63) is 47.7 Å². The van der Waals surface area contributed by atoms with Crippen LogP contribution in [0.5, 0.6) is 11.8 Å².